The number of amides is 2. The summed E-state index contributed by atoms with van der Waals surface area (Å²) in [4.78, 5) is 28.2. The summed E-state index contributed by atoms with van der Waals surface area (Å²) in [7, 11) is 0. The van der Waals surface area contributed by atoms with Crippen molar-refractivity contribution in [3.05, 3.63) is 18.2 Å². The van der Waals surface area contributed by atoms with Crippen LogP contribution in [0, 0.1) is 0 Å². The van der Waals surface area contributed by atoms with Gasteiger partial charge in [-0.3, -0.25) is 0 Å². The van der Waals surface area contributed by atoms with Crippen LogP contribution >= 0.6 is 0 Å². The van der Waals surface area contributed by atoms with Gasteiger partial charge in [0.1, 0.15) is 5.82 Å². The molecule has 0 aliphatic rings. The topological polar surface area (TPSA) is 127 Å². The van der Waals surface area contributed by atoms with Crippen molar-refractivity contribution in [1.29, 1.82) is 0 Å². The highest BCUT2D eigenvalue weighted by Gasteiger charge is 2.13. The van der Waals surface area contributed by atoms with E-state index in [2.05, 4.69) is 20.6 Å². The lowest BCUT2D eigenvalue weighted by Gasteiger charge is -2.08. The van der Waals surface area contributed by atoms with E-state index in [1.54, 1.807) is 12.4 Å². The van der Waals surface area contributed by atoms with Gasteiger partial charge in [-0.15, -0.1) is 0 Å². The Balaban J connectivity index is 2.11. The van der Waals surface area contributed by atoms with E-state index in [0.29, 0.717) is 13.0 Å². The first-order valence-corrected chi connectivity index (χ1v) is 5.00. The van der Waals surface area contributed by atoms with E-state index in [0.717, 1.165) is 5.82 Å². The van der Waals surface area contributed by atoms with Gasteiger partial charge >= 0.3 is 12.0 Å². The minimum atomic E-state index is -1.59. The number of carbonyl (C=O) groups is 2. The van der Waals surface area contributed by atoms with Crippen molar-refractivity contribution in [1.82, 2.24) is 20.6 Å². The predicted molar refractivity (Wildman–Crippen MR) is 57.3 cm³/mol. The number of aliphatic hydroxyl groups excluding tert-OH is 1. The van der Waals surface area contributed by atoms with Crippen molar-refractivity contribution in [2.75, 3.05) is 13.1 Å². The minimum absolute atomic E-state index is 0.331. The number of hydrogen-bond acceptors (Lipinski definition) is 4. The number of carboxylic acids is 1. The second-order valence-corrected chi connectivity index (χ2v) is 3.28. The molecule has 2 amide bonds. The lowest BCUT2D eigenvalue weighted by atomic mass is 10.3. The molecule has 1 unspecified atom stereocenters. The van der Waals surface area contributed by atoms with Gasteiger partial charge in [-0.05, 0) is 0 Å². The normalized spacial score (nSPS) is 11.8. The van der Waals surface area contributed by atoms with Crippen LogP contribution in [0.2, 0.25) is 0 Å². The number of aromatic nitrogens is 2. The number of urea groups is 1. The standard InChI is InChI=1S/C9H14N4O4/c14-6(8(15)16)5-13-9(17)12-2-1-7-10-3-4-11-7/h3-4,6,14H,1-2,5H2,(H,10,11)(H,15,16)(H2,12,13,17). The Morgan fingerprint density at radius 3 is 2.82 bits per heavy atom. The Hall–Kier alpha value is -2.09. The van der Waals surface area contributed by atoms with Gasteiger partial charge in [-0.2, -0.15) is 0 Å². The van der Waals surface area contributed by atoms with Gasteiger partial charge in [0.2, 0.25) is 0 Å². The van der Waals surface area contributed by atoms with Gasteiger partial charge in [0, 0.05) is 25.4 Å². The van der Waals surface area contributed by atoms with Gasteiger partial charge in [0.05, 0.1) is 6.54 Å². The number of carbonyl (C=O) groups excluding carboxylic acids is 1. The van der Waals surface area contributed by atoms with E-state index in [4.69, 9.17) is 10.2 Å². The lowest BCUT2D eigenvalue weighted by Crippen LogP contribution is -2.42. The summed E-state index contributed by atoms with van der Waals surface area (Å²) in [5.74, 6) is -0.628. The number of imidazole rings is 1. The number of aliphatic hydroxyl groups is 1. The van der Waals surface area contributed by atoms with E-state index in [1.165, 1.54) is 0 Å². The Kier molecular flexibility index (Phi) is 4.95. The average molecular weight is 242 g/mol. The second kappa shape index (κ2) is 6.48. The highest BCUT2D eigenvalue weighted by Crippen LogP contribution is 1.87. The fourth-order valence-corrected chi connectivity index (χ4v) is 1.07. The number of rotatable bonds is 6. The molecule has 5 N–H and O–H groups in total. The minimum Gasteiger partial charge on any atom is -0.479 e. The van der Waals surface area contributed by atoms with Crippen LogP contribution < -0.4 is 10.6 Å². The molecular weight excluding hydrogens is 228 g/mol. The molecule has 0 aromatic carbocycles. The summed E-state index contributed by atoms with van der Waals surface area (Å²) in [5, 5.41) is 22.0. The van der Waals surface area contributed by atoms with E-state index in [1.807, 2.05) is 0 Å². The zero-order chi connectivity index (χ0) is 12.7. The molecule has 0 aliphatic carbocycles. The zero-order valence-corrected chi connectivity index (χ0v) is 9.01. The molecule has 0 spiro atoms. The highest BCUT2D eigenvalue weighted by atomic mass is 16.4. The third kappa shape index (κ3) is 4.98. The van der Waals surface area contributed by atoms with Crippen LogP contribution in [0.5, 0.6) is 0 Å². The molecule has 8 nitrogen and oxygen atoms in total. The number of hydrogen-bond donors (Lipinski definition) is 5. The smallest absolute Gasteiger partial charge is 0.334 e. The summed E-state index contributed by atoms with van der Waals surface area (Å²) in [6, 6.07) is -0.531. The van der Waals surface area contributed by atoms with Crippen LogP contribution in [-0.4, -0.2) is 51.4 Å². The van der Waals surface area contributed by atoms with E-state index >= 15 is 0 Å². The molecule has 0 saturated heterocycles. The summed E-state index contributed by atoms with van der Waals surface area (Å²) in [6.45, 7) is 0.0322. The van der Waals surface area contributed by atoms with E-state index < -0.39 is 18.1 Å². The quantitative estimate of drug-likeness (QED) is 0.423. The maximum Gasteiger partial charge on any atom is 0.334 e. The first-order chi connectivity index (χ1) is 8.09. The van der Waals surface area contributed by atoms with E-state index in [9.17, 15) is 9.59 Å². The molecule has 1 aromatic rings. The summed E-state index contributed by atoms with van der Waals surface area (Å²) >= 11 is 0. The summed E-state index contributed by atoms with van der Waals surface area (Å²) in [5.41, 5.74) is 0. The monoisotopic (exact) mass is 242 g/mol. The molecular formula is C9H14N4O4. The van der Waals surface area contributed by atoms with Crippen molar-refractivity contribution >= 4 is 12.0 Å². The average Bonchev–Trinajstić information content (AvgIpc) is 2.78. The maximum atomic E-state index is 11.1. The molecule has 17 heavy (non-hydrogen) atoms. The fraction of sp³-hybridized carbons (Fsp3) is 0.444. The van der Waals surface area contributed by atoms with Gasteiger partial charge in [-0.1, -0.05) is 0 Å². The van der Waals surface area contributed by atoms with Crippen LogP contribution in [0.1, 0.15) is 5.82 Å². The van der Waals surface area contributed by atoms with Gasteiger partial charge in [0.25, 0.3) is 0 Å². The van der Waals surface area contributed by atoms with Crippen LogP contribution in [0.15, 0.2) is 12.4 Å². The lowest BCUT2D eigenvalue weighted by molar-refractivity contribution is -0.146. The number of nitrogens with zero attached hydrogens (tertiary/aromatic N) is 1. The number of nitrogens with one attached hydrogen (secondary N) is 3. The molecule has 0 radical (unpaired) electrons. The zero-order valence-electron chi connectivity index (χ0n) is 9.01. The Morgan fingerprint density at radius 1 is 1.47 bits per heavy atom. The van der Waals surface area contributed by atoms with Gasteiger partial charge in [0.15, 0.2) is 6.10 Å². The molecule has 1 aromatic heterocycles. The van der Waals surface area contributed by atoms with E-state index in [-0.39, 0.29) is 6.54 Å². The number of aliphatic carboxylic acids is 1. The molecule has 1 rings (SSSR count). The molecule has 1 heterocycles. The van der Waals surface area contributed by atoms with Crippen LogP contribution in [0.3, 0.4) is 0 Å². The third-order valence-electron chi connectivity index (χ3n) is 1.94. The molecule has 1 atom stereocenters. The molecule has 0 fully saturated rings. The first-order valence-electron chi connectivity index (χ1n) is 5.00. The maximum absolute atomic E-state index is 11.1. The predicted octanol–water partition coefficient (Wildman–Crippen LogP) is -1.30. The van der Waals surface area contributed by atoms with Gasteiger partial charge in [-0.25, -0.2) is 14.6 Å². The van der Waals surface area contributed by atoms with Gasteiger partial charge < -0.3 is 25.8 Å². The molecule has 8 heteroatoms. The van der Waals surface area contributed by atoms with Crippen LogP contribution in [0.25, 0.3) is 0 Å². The summed E-state index contributed by atoms with van der Waals surface area (Å²) in [6.07, 6.45) is 2.24. The van der Waals surface area contributed by atoms with Crippen molar-refractivity contribution < 1.29 is 19.8 Å². The van der Waals surface area contributed by atoms with Crippen molar-refractivity contribution in [3.8, 4) is 0 Å². The SMILES string of the molecule is O=C(NCCc1ncc[nH]1)NCC(O)C(=O)O. The fourth-order valence-electron chi connectivity index (χ4n) is 1.07. The number of H-pyrrole nitrogens is 1. The Morgan fingerprint density at radius 2 is 2.24 bits per heavy atom. The number of aromatic amines is 1. The van der Waals surface area contributed by atoms with Crippen LogP contribution in [-0.2, 0) is 11.2 Å². The molecule has 0 bridgehead atoms. The second-order valence-electron chi connectivity index (χ2n) is 3.28. The van der Waals surface area contributed by atoms with Crippen LogP contribution in [0.4, 0.5) is 4.79 Å². The Labute approximate surface area is 97.1 Å². The molecule has 0 saturated carbocycles. The number of carboxylic acid groups (broad SMARTS) is 1. The van der Waals surface area contributed by atoms with Crippen molar-refractivity contribution in [2.45, 2.75) is 12.5 Å². The molecule has 94 valence electrons. The Bertz CT molecular complexity index is 365. The molecule has 0 aliphatic heterocycles. The highest BCUT2D eigenvalue weighted by molar-refractivity contribution is 5.76. The largest absolute Gasteiger partial charge is 0.479 e. The third-order valence-corrected chi connectivity index (χ3v) is 1.94. The van der Waals surface area contributed by atoms with Crippen molar-refractivity contribution in [3.63, 3.8) is 0 Å². The summed E-state index contributed by atoms with van der Waals surface area (Å²) < 4.78 is 0. The first kappa shape index (κ1) is 13.0. The van der Waals surface area contributed by atoms with Crippen molar-refractivity contribution in [2.24, 2.45) is 0 Å².